The molecule has 0 unspecified atom stereocenters. The van der Waals surface area contributed by atoms with Crippen LogP contribution in [0.5, 0.6) is 0 Å². The van der Waals surface area contributed by atoms with Crippen molar-refractivity contribution in [3.63, 3.8) is 0 Å². The summed E-state index contributed by atoms with van der Waals surface area (Å²) in [5.41, 5.74) is 0.459. The van der Waals surface area contributed by atoms with Crippen LogP contribution >= 0.6 is 0 Å². The summed E-state index contributed by atoms with van der Waals surface area (Å²) in [6.07, 6.45) is 4.64. The predicted molar refractivity (Wildman–Crippen MR) is 102 cm³/mol. The number of nitrogens with one attached hydrogen (secondary N) is 2. The molecule has 27 heavy (non-hydrogen) atoms. The average Bonchev–Trinajstić information content (AvgIpc) is 3.51. The Labute approximate surface area is 159 Å². The van der Waals surface area contributed by atoms with Gasteiger partial charge >= 0.3 is 0 Å². The first-order valence-corrected chi connectivity index (χ1v) is 10.7. The van der Waals surface area contributed by atoms with Crippen molar-refractivity contribution in [2.24, 2.45) is 5.92 Å². The second-order valence-corrected chi connectivity index (χ2v) is 9.01. The molecule has 8 heteroatoms. The monoisotopic (exact) mass is 391 g/mol. The Morgan fingerprint density at radius 3 is 2.30 bits per heavy atom. The predicted octanol–water partition coefficient (Wildman–Crippen LogP) is 1.28. The summed E-state index contributed by atoms with van der Waals surface area (Å²) in [5, 5.41) is 5.67. The summed E-state index contributed by atoms with van der Waals surface area (Å²) in [4.78, 5) is 23.6. The molecule has 0 atom stereocenters. The van der Waals surface area contributed by atoms with E-state index in [1.807, 2.05) is 0 Å². The number of carbonyl (C=O) groups is 2. The highest BCUT2D eigenvalue weighted by Gasteiger charge is 2.30. The van der Waals surface area contributed by atoms with Gasteiger partial charge in [0.05, 0.1) is 4.90 Å². The molecule has 2 aliphatic rings. The third kappa shape index (κ3) is 4.95. The summed E-state index contributed by atoms with van der Waals surface area (Å²) < 4.78 is 27.0. The van der Waals surface area contributed by atoms with Gasteiger partial charge in [-0.1, -0.05) is 6.58 Å². The van der Waals surface area contributed by atoms with Crippen LogP contribution in [0.4, 0.5) is 0 Å². The van der Waals surface area contributed by atoms with E-state index in [9.17, 15) is 18.0 Å². The number of benzene rings is 1. The van der Waals surface area contributed by atoms with Crippen LogP contribution in [-0.2, 0) is 14.8 Å². The number of hydrogen-bond acceptors (Lipinski definition) is 4. The van der Waals surface area contributed by atoms with Gasteiger partial charge in [-0.3, -0.25) is 9.59 Å². The van der Waals surface area contributed by atoms with Gasteiger partial charge in [-0.05, 0) is 61.9 Å². The lowest BCUT2D eigenvalue weighted by atomic mass is 10.1. The Morgan fingerprint density at radius 1 is 1.11 bits per heavy atom. The van der Waals surface area contributed by atoms with Gasteiger partial charge in [0.25, 0.3) is 5.91 Å². The number of rotatable bonds is 7. The zero-order valence-corrected chi connectivity index (χ0v) is 16.0. The summed E-state index contributed by atoms with van der Waals surface area (Å²) in [5.74, 6) is 0.171. The smallest absolute Gasteiger partial charge is 0.251 e. The SMILES string of the molecule is C=CC(=O)NC1CCN(S(=O)(=O)c2ccc(C(=O)NCC3CC3)cc2)CC1. The van der Waals surface area contributed by atoms with Gasteiger partial charge in [0.2, 0.25) is 15.9 Å². The highest BCUT2D eigenvalue weighted by molar-refractivity contribution is 7.89. The number of carbonyl (C=O) groups excluding carboxylic acids is 2. The Kier molecular flexibility index (Phi) is 5.96. The second kappa shape index (κ2) is 8.22. The van der Waals surface area contributed by atoms with Gasteiger partial charge in [-0.15, -0.1) is 0 Å². The first-order valence-electron chi connectivity index (χ1n) is 9.21. The molecule has 7 nitrogen and oxygen atoms in total. The number of sulfonamides is 1. The van der Waals surface area contributed by atoms with Crippen LogP contribution in [0.15, 0.2) is 41.8 Å². The normalized spacial score (nSPS) is 18.7. The van der Waals surface area contributed by atoms with Gasteiger partial charge in [0.15, 0.2) is 0 Å². The quantitative estimate of drug-likeness (QED) is 0.685. The lowest BCUT2D eigenvalue weighted by molar-refractivity contribution is -0.117. The molecule has 0 bridgehead atoms. The minimum absolute atomic E-state index is 0.0421. The minimum atomic E-state index is -3.61. The van der Waals surface area contributed by atoms with Crippen molar-refractivity contribution in [1.29, 1.82) is 0 Å². The van der Waals surface area contributed by atoms with E-state index in [-0.39, 0.29) is 22.8 Å². The molecule has 0 spiro atoms. The highest BCUT2D eigenvalue weighted by Crippen LogP contribution is 2.27. The molecule has 2 fully saturated rings. The van der Waals surface area contributed by atoms with Crippen LogP contribution < -0.4 is 10.6 Å². The molecule has 1 aliphatic heterocycles. The summed E-state index contributed by atoms with van der Waals surface area (Å²) >= 11 is 0. The molecule has 146 valence electrons. The average molecular weight is 391 g/mol. The molecule has 1 saturated heterocycles. The van der Waals surface area contributed by atoms with Gasteiger partial charge in [-0.25, -0.2) is 8.42 Å². The first kappa shape index (κ1) is 19.6. The zero-order valence-electron chi connectivity index (χ0n) is 15.2. The highest BCUT2D eigenvalue weighted by atomic mass is 32.2. The van der Waals surface area contributed by atoms with Crippen molar-refractivity contribution < 1.29 is 18.0 Å². The molecule has 0 radical (unpaired) electrons. The second-order valence-electron chi connectivity index (χ2n) is 7.07. The molecule has 1 saturated carbocycles. The van der Waals surface area contributed by atoms with Gasteiger partial charge < -0.3 is 10.6 Å². The van der Waals surface area contributed by atoms with Crippen LogP contribution in [0.2, 0.25) is 0 Å². The maximum absolute atomic E-state index is 12.8. The summed E-state index contributed by atoms with van der Waals surface area (Å²) in [6.45, 7) is 4.78. The Bertz CT molecular complexity index is 808. The maximum Gasteiger partial charge on any atom is 0.251 e. The van der Waals surface area contributed by atoms with Crippen molar-refractivity contribution in [2.45, 2.75) is 36.6 Å². The first-order chi connectivity index (χ1) is 12.9. The largest absolute Gasteiger partial charge is 0.352 e. The number of amides is 2. The van der Waals surface area contributed by atoms with Gasteiger partial charge in [-0.2, -0.15) is 4.31 Å². The van der Waals surface area contributed by atoms with Crippen molar-refractivity contribution in [3.8, 4) is 0 Å². The van der Waals surface area contributed by atoms with E-state index in [1.54, 1.807) is 12.1 Å². The third-order valence-electron chi connectivity index (χ3n) is 4.99. The summed E-state index contributed by atoms with van der Waals surface area (Å²) in [6, 6.07) is 6.01. The third-order valence-corrected chi connectivity index (χ3v) is 6.90. The Balaban J connectivity index is 1.58. The number of hydrogen-bond donors (Lipinski definition) is 2. The lowest BCUT2D eigenvalue weighted by Gasteiger charge is -2.31. The van der Waals surface area contributed by atoms with E-state index in [0.29, 0.717) is 44.0 Å². The van der Waals surface area contributed by atoms with Crippen LogP contribution in [0.1, 0.15) is 36.0 Å². The fourth-order valence-corrected chi connectivity index (χ4v) is 4.56. The maximum atomic E-state index is 12.8. The molecule has 1 aromatic rings. The molecular weight excluding hydrogens is 366 g/mol. The molecule has 2 amide bonds. The molecule has 2 N–H and O–H groups in total. The minimum Gasteiger partial charge on any atom is -0.352 e. The molecule has 3 rings (SSSR count). The van der Waals surface area contributed by atoms with Crippen LogP contribution in [0, 0.1) is 5.92 Å². The van der Waals surface area contributed by atoms with Gasteiger partial charge in [0.1, 0.15) is 0 Å². The van der Waals surface area contributed by atoms with E-state index in [2.05, 4.69) is 17.2 Å². The fourth-order valence-electron chi connectivity index (χ4n) is 3.09. The number of piperidine rings is 1. The fraction of sp³-hybridized carbons (Fsp3) is 0.474. The topological polar surface area (TPSA) is 95.6 Å². The van der Waals surface area contributed by atoms with Crippen LogP contribution in [-0.4, -0.2) is 50.2 Å². The van der Waals surface area contributed by atoms with E-state index in [1.165, 1.54) is 22.5 Å². The van der Waals surface area contributed by atoms with Crippen molar-refractivity contribution in [3.05, 3.63) is 42.5 Å². The molecule has 1 heterocycles. The van der Waals surface area contributed by atoms with Crippen molar-refractivity contribution in [2.75, 3.05) is 19.6 Å². The standard InChI is InChI=1S/C19H25N3O4S/c1-2-18(23)21-16-9-11-22(12-10-16)27(25,26)17-7-5-15(6-8-17)19(24)20-13-14-3-4-14/h2,5-8,14,16H,1,3-4,9-13H2,(H,20,24)(H,21,23). The Morgan fingerprint density at radius 2 is 1.74 bits per heavy atom. The molecule has 1 aromatic carbocycles. The van der Waals surface area contributed by atoms with Crippen molar-refractivity contribution >= 4 is 21.8 Å². The lowest BCUT2D eigenvalue weighted by Crippen LogP contribution is -2.46. The summed E-state index contributed by atoms with van der Waals surface area (Å²) in [7, 11) is -3.61. The molecule has 1 aliphatic carbocycles. The van der Waals surface area contributed by atoms with E-state index in [4.69, 9.17) is 0 Å². The number of nitrogens with zero attached hydrogens (tertiary/aromatic N) is 1. The van der Waals surface area contributed by atoms with E-state index in [0.717, 1.165) is 12.8 Å². The Hall–Kier alpha value is -2.19. The van der Waals surface area contributed by atoms with Gasteiger partial charge in [0, 0.05) is 31.2 Å². The molecule has 0 aromatic heterocycles. The van der Waals surface area contributed by atoms with Crippen LogP contribution in [0.3, 0.4) is 0 Å². The van der Waals surface area contributed by atoms with Crippen LogP contribution in [0.25, 0.3) is 0 Å². The van der Waals surface area contributed by atoms with Crippen molar-refractivity contribution in [1.82, 2.24) is 14.9 Å². The van der Waals surface area contributed by atoms with E-state index < -0.39 is 10.0 Å². The van der Waals surface area contributed by atoms with E-state index >= 15 is 0 Å². The zero-order chi connectivity index (χ0) is 19.4. The molecular formula is C19H25N3O4S.